The average Bonchev–Trinajstić information content (AvgIpc) is 3.25. The van der Waals surface area contributed by atoms with Crippen LogP contribution in [0.4, 0.5) is 0 Å². The first-order valence-corrected chi connectivity index (χ1v) is 8.50. The van der Waals surface area contributed by atoms with Crippen molar-refractivity contribution in [1.29, 1.82) is 0 Å². The summed E-state index contributed by atoms with van der Waals surface area (Å²) >= 11 is 0. The Bertz CT molecular complexity index is 1110. The second-order valence-electron chi connectivity index (χ2n) is 6.94. The quantitative estimate of drug-likeness (QED) is 0.532. The molecule has 0 saturated carbocycles. The number of fused-ring (bicyclic) bond motifs is 4. The fourth-order valence-electron chi connectivity index (χ4n) is 3.66. The minimum Gasteiger partial charge on any atom is -0.496 e. The highest BCUT2D eigenvalue weighted by Crippen LogP contribution is 2.46. The van der Waals surface area contributed by atoms with E-state index in [2.05, 4.69) is 0 Å². The van der Waals surface area contributed by atoms with Crippen molar-refractivity contribution >= 4 is 21.9 Å². The largest absolute Gasteiger partial charge is 0.496 e. The van der Waals surface area contributed by atoms with Gasteiger partial charge in [-0.1, -0.05) is 6.07 Å². The summed E-state index contributed by atoms with van der Waals surface area (Å²) in [5.74, 6) is 1.64. The molecule has 6 nitrogen and oxygen atoms in total. The zero-order valence-electron chi connectivity index (χ0n) is 14.8. The summed E-state index contributed by atoms with van der Waals surface area (Å²) in [5, 5.41) is 0.890. The third-order valence-corrected chi connectivity index (χ3v) is 5.34. The summed E-state index contributed by atoms with van der Waals surface area (Å²) in [6, 6.07) is 7.05. The number of hydrogen-bond acceptors (Lipinski definition) is 6. The van der Waals surface area contributed by atoms with Gasteiger partial charge in [-0.2, -0.15) is 0 Å². The number of rotatable bonds is 3. The summed E-state index contributed by atoms with van der Waals surface area (Å²) in [6.07, 6.45) is 0.516. The van der Waals surface area contributed by atoms with E-state index in [0.29, 0.717) is 52.2 Å². The van der Waals surface area contributed by atoms with Crippen LogP contribution in [0.1, 0.15) is 12.5 Å². The van der Waals surface area contributed by atoms with Crippen LogP contribution in [0.2, 0.25) is 0 Å². The smallest absolute Gasteiger partial charge is 0.204 e. The lowest BCUT2D eigenvalue weighted by atomic mass is 9.98. The summed E-state index contributed by atoms with van der Waals surface area (Å²) < 4.78 is 28.7. The van der Waals surface area contributed by atoms with Crippen molar-refractivity contribution in [2.45, 2.75) is 25.0 Å². The van der Waals surface area contributed by atoms with Gasteiger partial charge in [-0.3, -0.25) is 4.79 Å². The third-order valence-electron chi connectivity index (χ3n) is 5.34. The molecule has 2 atom stereocenters. The van der Waals surface area contributed by atoms with Gasteiger partial charge in [0.25, 0.3) is 0 Å². The van der Waals surface area contributed by atoms with E-state index in [1.165, 1.54) is 7.11 Å². The summed E-state index contributed by atoms with van der Waals surface area (Å²) in [7, 11) is 3.09. The molecule has 0 aliphatic carbocycles. The van der Waals surface area contributed by atoms with Gasteiger partial charge in [-0.05, 0) is 19.1 Å². The number of epoxide rings is 1. The molecule has 1 fully saturated rings. The maximum absolute atomic E-state index is 13.2. The van der Waals surface area contributed by atoms with Crippen molar-refractivity contribution < 1.29 is 23.4 Å². The lowest BCUT2D eigenvalue weighted by molar-refractivity contribution is 0.127. The predicted molar refractivity (Wildman–Crippen MR) is 95.6 cm³/mol. The van der Waals surface area contributed by atoms with Gasteiger partial charge in [0, 0.05) is 18.1 Å². The number of benzene rings is 2. The minimum absolute atomic E-state index is 0.105. The van der Waals surface area contributed by atoms with Gasteiger partial charge in [0.2, 0.25) is 5.43 Å². The Labute approximate surface area is 149 Å². The lowest BCUT2D eigenvalue weighted by Gasteiger charge is -2.14. The van der Waals surface area contributed by atoms with Crippen molar-refractivity contribution in [3.63, 3.8) is 0 Å². The van der Waals surface area contributed by atoms with Crippen LogP contribution in [0.5, 0.6) is 17.2 Å². The van der Waals surface area contributed by atoms with Crippen molar-refractivity contribution in [3.05, 3.63) is 40.1 Å². The van der Waals surface area contributed by atoms with Crippen LogP contribution in [0.25, 0.3) is 21.9 Å². The van der Waals surface area contributed by atoms with E-state index in [9.17, 15) is 4.79 Å². The van der Waals surface area contributed by atoms with E-state index < -0.39 is 0 Å². The van der Waals surface area contributed by atoms with Crippen LogP contribution >= 0.6 is 0 Å². The fourth-order valence-corrected chi connectivity index (χ4v) is 3.66. The van der Waals surface area contributed by atoms with Crippen molar-refractivity contribution in [1.82, 2.24) is 0 Å². The molecular weight excluding hydrogens is 336 g/mol. The molecule has 0 amide bonds. The average molecular weight is 354 g/mol. The SMILES string of the molecule is COc1cccc2c(=O)c3c(OC)cc4c(c3oc12)C[C@@H]([C@]1(C)CO1)O4. The van der Waals surface area contributed by atoms with Gasteiger partial charge in [0.1, 0.15) is 34.2 Å². The predicted octanol–water partition coefficient (Wildman–Crippen LogP) is 3.06. The molecule has 0 bridgehead atoms. The van der Waals surface area contributed by atoms with E-state index in [-0.39, 0.29) is 17.1 Å². The lowest BCUT2D eigenvalue weighted by Crippen LogP contribution is -2.30. The van der Waals surface area contributed by atoms with Gasteiger partial charge in [-0.25, -0.2) is 0 Å². The zero-order chi connectivity index (χ0) is 18.1. The third kappa shape index (κ3) is 1.99. The Morgan fingerprint density at radius 2 is 1.92 bits per heavy atom. The Kier molecular flexibility index (Phi) is 3.07. The highest BCUT2D eigenvalue weighted by Gasteiger charge is 2.51. The standard InChI is InChI=1S/C20H18O6/c1-20(9-24-20)15-7-11-13(25-15)8-14(23-3)16-17(21)10-5-4-6-12(22-2)18(10)26-19(11)16/h4-6,8,15H,7,9H2,1-3H3/t15-,20-/m0/s1. The van der Waals surface area contributed by atoms with Gasteiger partial charge >= 0.3 is 0 Å². The molecule has 1 aromatic heterocycles. The number of para-hydroxylation sites is 1. The van der Waals surface area contributed by atoms with Crippen molar-refractivity contribution in [3.8, 4) is 17.2 Å². The second kappa shape index (κ2) is 5.14. The highest BCUT2D eigenvalue weighted by molar-refractivity contribution is 5.97. The molecule has 2 aromatic carbocycles. The Morgan fingerprint density at radius 1 is 1.15 bits per heavy atom. The van der Waals surface area contributed by atoms with E-state index in [1.807, 2.05) is 6.92 Å². The molecular formula is C20H18O6. The van der Waals surface area contributed by atoms with Crippen LogP contribution in [-0.2, 0) is 11.2 Å². The minimum atomic E-state index is -0.284. The van der Waals surface area contributed by atoms with Gasteiger partial charge in [0.15, 0.2) is 11.3 Å². The second-order valence-corrected chi connectivity index (χ2v) is 6.94. The Balaban J connectivity index is 1.85. The molecule has 26 heavy (non-hydrogen) atoms. The number of methoxy groups -OCH3 is 2. The zero-order valence-corrected chi connectivity index (χ0v) is 14.8. The molecule has 0 spiro atoms. The maximum Gasteiger partial charge on any atom is 0.204 e. The van der Waals surface area contributed by atoms with Gasteiger partial charge < -0.3 is 23.4 Å². The van der Waals surface area contributed by atoms with Gasteiger partial charge in [-0.15, -0.1) is 0 Å². The molecule has 2 aliphatic rings. The normalized spacial score (nSPS) is 23.7. The molecule has 0 radical (unpaired) electrons. The first-order chi connectivity index (χ1) is 12.6. The van der Waals surface area contributed by atoms with Gasteiger partial charge in [0.05, 0.1) is 26.2 Å². The summed E-state index contributed by atoms with van der Waals surface area (Å²) in [4.78, 5) is 13.2. The number of hydrogen-bond donors (Lipinski definition) is 0. The highest BCUT2D eigenvalue weighted by atomic mass is 16.6. The summed E-state index contributed by atoms with van der Waals surface area (Å²) in [6.45, 7) is 2.69. The molecule has 1 saturated heterocycles. The van der Waals surface area contributed by atoms with Crippen LogP contribution in [0.3, 0.4) is 0 Å². The molecule has 0 N–H and O–H groups in total. The van der Waals surface area contributed by atoms with E-state index in [4.69, 9.17) is 23.4 Å². The maximum atomic E-state index is 13.2. The number of ether oxygens (including phenoxy) is 4. The molecule has 5 rings (SSSR count). The van der Waals surface area contributed by atoms with Crippen molar-refractivity contribution in [2.75, 3.05) is 20.8 Å². The fraction of sp³-hybridized carbons (Fsp3) is 0.350. The molecule has 0 unspecified atom stereocenters. The van der Waals surface area contributed by atoms with Crippen LogP contribution in [0, 0.1) is 0 Å². The first kappa shape index (κ1) is 15.5. The topological polar surface area (TPSA) is 70.4 Å². The van der Waals surface area contributed by atoms with E-state index in [1.54, 1.807) is 31.4 Å². The molecule has 2 aliphatic heterocycles. The monoisotopic (exact) mass is 354 g/mol. The molecule has 3 heterocycles. The Hall–Kier alpha value is -2.73. The van der Waals surface area contributed by atoms with Crippen LogP contribution in [0.15, 0.2) is 33.5 Å². The molecule has 6 heteroatoms. The van der Waals surface area contributed by atoms with E-state index >= 15 is 0 Å². The molecule has 3 aromatic rings. The Morgan fingerprint density at radius 3 is 2.62 bits per heavy atom. The van der Waals surface area contributed by atoms with Crippen LogP contribution < -0.4 is 19.6 Å². The molecule has 134 valence electrons. The summed E-state index contributed by atoms with van der Waals surface area (Å²) in [5.41, 5.74) is 1.37. The first-order valence-electron chi connectivity index (χ1n) is 8.50. The van der Waals surface area contributed by atoms with E-state index in [0.717, 1.165) is 5.56 Å². The van der Waals surface area contributed by atoms with Crippen molar-refractivity contribution in [2.24, 2.45) is 0 Å². The van der Waals surface area contributed by atoms with Crippen LogP contribution in [-0.4, -0.2) is 32.5 Å².